The molecule has 1 aromatic carbocycles. The zero-order chi connectivity index (χ0) is 17.0. The Kier molecular flexibility index (Phi) is 3.27. The van der Waals surface area contributed by atoms with E-state index in [4.69, 9.17) is 9.97 Å². The first-order chi connectivity index (χ1) is 11.5. The van der Waals surface area contributed by atoms with Gasteiger partial charge >= 0.3 is 0 Å². The zero-order valence-electron chi connectivity index (χ0n) is 14.9. The lowest BCUT2D eigenvalue weighted by Gasteiger charge is -2.13. The van der Waals surface area contributed by atoms with Crippen LogP contribution in [-0.2, 0) is 13.5 Å². The van der Waals surface area contributed by atoms with Gasteiger partial charge in [-0.15, -0.1) is 0 Å². The molecular weight excluding hydrogens is 294 g/mol. The van der Waals surface area contributed by atoms with Gasteiger partial charge in [-0.2, -0.15) is 0 Å². The first-order valence-electron chi connectivity index (χ1n) is 8.38. The Labute approximate surface area is 143 Å². The second kappa shape index (κ2) is 5.23. The van der Waals surface area contributed by atoms with E-state index in [1.807, 2.05) is 13.3 Å². The Balaban J connectivity index is 2.01. The van der Waals surface area contributed by atoms with Crippen LogP contribution in [0.3, 0.4) is 0 Å². The molecule has 3 aromatic rings. The summed E-state index contributed by atoms with van der Waals surface area (Å²) in [6.07, 6.45) is 2.79. The highest BCUT2D eigenvalue weighted by Gasteiger charge is 2.31. The van der Waals surface area contributed by atoms with Crippen molar-refractivity contribution in [2.75, 3.05) is 0 Å². The number of benzene rings is 1. The van der Waals surface area contributed by atoms with Gasteiger partial charge in [0.2, 0.25) is 0 Å². The molecule has 3 nitrogen and oxygen atoms in total. The van der Waals surface area contributed by atoms with Gasteiger partial charge in [-0.3, -0.25) is 4.98 Å². The van der Waals surface area contributed by atoms with Gasteiger partial charge in [0.25, 0.3) is 6.33 Å². The second-order valence-electron chi connectivity index (χ2n) is 6.91. The predicted octanol–water partition coefficient (Wildman–Crippen LogP) is 3.77. The number of hydrogen-bond acceptors (Lipinski definition) is 2. The number of hydrogen-bond donors (Lipinski definition) is 0. The van der Waals surface area contributed by atoms with Crippen LogP contribution in [0, 0.1) is 27.7 Å². The Hall–Kier alpha value is -2.55. The van der Waals surface area contributed by atoms with Gasteiger partial charge in [0.1, 0.15) is 5.69 Å². The van der Waals surface area contributed by atoms with Crippen LogP contribution in [0.1, 0.15) is 33.6 Å². The summed E-state index contributed by atoms with van der Waals surface area (Å²) in [7, 11) is 2.08. The summed E-state index contributed by atoms with van der Waals surface area (Å²) < 4.78 is 2.15. The highest BCUT2D eigenvalue weighted by atomic mass is 15.0. The number of aromatic nitrogens is 3. The Morgan fingerprint density at radius 3 is 2.58 bits per heavy atom. The number of rotatable bonds is 1. The number of aryl methyl sites for hydroxylation is 4. The fourth-order valence-electron chi connectivity index (χ4n) is 3.77. The van der Waals surface area contributed by atoms with Crippen LogP contribution >= 0.6 is 0 Å². The normalized spacial score (nSPS) is 12.2. The van der Waals surface area contributed by atoms with Crippen LogP contribution < -0.4 is 4.57 Å². The van der Waals surface area contributed by atoms with Crippen molar-refractivity contribution in [1.29, 1.82) is 0 Å². The minimum atomic E-state index is 0.857. The summed E-state index contributed by atoms with van der Waals surface area (Å²) in [5.41, 5.74) is 12.3. The largest absolute Gasteiger partial charge is 0.287 e. The van der Waals surface area contributed by atoms with Gasteiger partial charge in [0, 0.05) is 23.2 Å². The summed E-state index contributed by atoms with van der Waals surface area (Å²) in [5, 5.41) is 0. The van der Waals surface area contributed by atoms with E-state index in [-0.39, 0.29) is 0 Å². The van der Waals surface area contributed by atoms with E-state index in [0.29, 0.717) is 0 Å². The molecule has 1 aliphatic rings. The van der Waals surface area contributed by atoms with Crippen LogP contribution in [-0.4, -0.2) is 9.97 Å². The van der Waals surface area contributed by atoms with Crippen molar-refractivity contribution in [3.05, 3.63) is 64.2 Å². The molecule has 0 unspecified atom stereocenters. The third-order valence-electron chi connectivity index (χ3n) is 5.06. The molecule has 0 saturated carbocycles. The standard InChI is InChI=1S/C21H22N3/c1-12-8-13(2)15(4)17(9-12)21-18-10-19-16(7-6-14(3)23-19)20(18)22-11-24(21)5/h6-9,11H,10H2,1-5H3/q+1. The molecule has 24 heavy (non-hydrogen) atoms. The molecule has 0 spiro atoms. The molecule has 0 atom stereocenters. The molecule has 0 saturated heterocycles. The maximum absolute atomic E-state index is 4.74. The first kappa shape index (κ1) is 15.0. The van der Waals surface area contributed by atoms with E-state index in [9.17, 15) is 0 Å². The van der Waals surface area contributed by atoms with E-state index in [2.05, 4.69) is 56.7 Å². The van der Waals surface area contributed by atoms with Crippen LogP contribution in [0.25, 0.3) is 22.5 Å². The molecule has 0 N–H and O–H groups in total. The number of nitrogens with zero attached hydrogens (tertiary/aromatic N) is 3. The minimum absolute atomic E-state index is 0.857. The molecule has 0 radical (unpaired) electrons. The van der Waals surface area contributed by atoms with Crippen molar-refractivity contribution in [2.24, 2.45) is 7.05 Å². The van der Waals surface area contributed by atoms with Crippen molar-refractivity contribution in [3.63, 3.8) is 0 Å². The van der Waals surface area contributed by atoms with Crippen molar-refractivity contribution in [1.82, 2.24) is 9.97 Å². The average molecular weight is 316 g/mol. The van der Waals surface area contributed by atoms with E-state index in [0.717, 1.165) is 23.5 Å². The van der Waals surface area contributed by atoms with E-state index >= 15 is 0 Å². The third-order valence-corrected chi connectivity index (χ3v) is 5.06. The van der Waals surface area contributed by atoms with Crippen molar-refractivity contribution in [3.8, 4) is 22.5 Å². The Bertz CT molecular complexity index is 987. The predicted molar refractivity (Wildman–Crippen MR) is 95.8 cm³/mol. The van der Waals surface area contributed by atoms with Crippen LogP contribution in [0.4, 0.5) is 0 Å². The lowest BCUT2D eigenvalue weighted by molar-refractivity contribution is -0.663. The third kappa shape index (κ3) is 2.15. The monoisotopic (exact) mass is 316 g/mol. The van der Waals surface area contributed by atoms with Gasteiger partial charge < -0.3 is 0 Å². The molecule has 1 aliphatic carbocycles. The molecule has 0 amide bonds. The summed E-state index contributed by atoms with van der Waals surface area (Å²) in [6, 6.07) is 8.78. The lowest BCUT2D eigenvalue weighted by atomic mass is 9.94. The number of fused-ring (bicyclic) bond motifs is 3. The van der Waals surface area contributed by atoms with Crippen LogP contribution in [0.2, 0.25) is 0 Å². The van der Waals surface area contributed by atoms with Crippen molar-refractivity contribution < 1.29 is 4.57 Å². The fourth-order valence-corrected chi connectivity index (χ4v) is 3.77. The molecule has 0 aliphatic heterocycles. The maximum Gasteiger partial charge on any atom is 0.287 e. The molecular formula is C21H22N3+. The van der Waals surface area contributed by atoms with Gasteiger partial charge in [0.15, 0.2) is 5.69 Å². The van der Waals surface area contributed by atoms with Crippen LogP contribution in [0.15, 0.2) is 30.6 Å². The zero-order valence-corrected chi connectivity index (χ0v) is 14.9. The molecule has 0 bridgehead atoms. The summed E-state index contributed by atoms with van der Waals surface area (Å²) in [6.45, 7) is 8.61. The van der Waals surface area contributed by atoms with Gasteiger partial charge in [-0.05, 0) is 62.0 Å². The van der Waals surface area contributed by atoms with Crippen LogP contribution in [0.5, 0.6) is 0 Å². The maximum atomic E-state index is 4.74. The lowest BCUT2D eigenvalue weighted by Crippen LogP contribution is -2.33. The van der Waals surface area contributed by atoms with Crippen molar-refractivity contribution in [2.45, 2.75) is 34.1 Å². The Morgan fingerprint density at radius 1 is 1.00 bits per heavy atom. The van der Waals surface area contributed by atoms with Gasteiger partial charge in [-0.25, -0.2) is 4.57 Å². The highest BCUT2D eigenvalue weighted by molar-refractivity contribution is 5.79. The van der Waals surface area contributed by atoms with Gasteiger partial charge in [-0.1, -0.05) is 11.6 Å². The second-order valence-corrected chi connectivity index (χ2v) is 6.91. The molecule has 0 fully saturated rings. The SMILES string of the molecule is Cc1cc(C)c(C)c(-c2c3c(nc[n+]2C)-c2ccc(C)nc2C3)c1. The summed E-state index contributed by atoms with van der Waals surface area (Å²) in [4.78, 5) is 9.45. The topological polar surface area (TPSA) is 29.7 Å². The van der Waals surface area contributed by atoms with Gasteiger partial charge in [0.05, 0.1) is 18.3 Å². The number of pyridine rings is 1. The molecule has 4 rings (SSSR count). The summed E-state index contributed by atoms with van der Waals surface area (Å²) in [5.74, 6) is 0. The molecule has 2 aromatic heterocycles. The highest BCUT2D eigenvalue weighted by Crippen LogP contribution is 2.39. The summed E-state index contributed by atoms with van der Waals surface area (Å²) >= 11 is 0. The molecule has 3 heteroatoms. The smallest absolute Gasteiger partial charge is 0.257 e. The quantitative estimate of drug-likeness (QED) is 0.500. The fraction of sp³-hybridized carbons (Fsp3) is 0.286. The van der Waals surface area contributed by atoms with E-state index in [1.54, 1.807) is 0 Å². The first-order valence-corrected chi connectivity index (χ1v) is 8.38. The van der Waals surface area contributed by atoms with E-state index in [1.165, 1.54) is 39.1 Å². The molecule has 120 valence electrons. The molecule has 2 heterocycles. The Morgan fingerprint density at radius 2 is 1.79 bits per heavy atom. The van der Waals surface area contributed by atoms with E-state index < -0.39 is 0 Å². The average Bonchev–Trinajstić information content (AvgIpc) is 2.88. The van der Waals surface area contributed by atoms with Crippen molar-refractivity contribution >= 4 is 0 Å². The minimum Gasteiger partial charge on any atom is -0.257 e.